The number of nitrogen functional groups attached to an aromatic ring is 1. The molecule has 0 saturated heterocycles. The van der Waals surface area contributed by atoms with Crippen LogP contribution in [0, 0.1) is 10.1 Å². The van der Waals surface area contributed by atoms with Crippen LogP contribution in [0.1, 0.15) is 6.42 Å². The molecule has 0 atom stereocenters. The number of nitro benzene ring substituents is 1. The number of hydrogen-bond acceptors (Lipinski definition) is 7. The first-order valence-electron chi connectivity index (χ1n) is 5.31. The molecule has 0 aliphatic heterocycles. The number of nitro groups is 1. The predicted octanol–water partition coefficient (Wildman–Crippen LogP) is -0.966. The number of nitrogens with zero attached hydrogens (tertiary/aromatic N) is 1. The highest BCUT2D eigenvalue weighted by Crippen LogP contribution is 2.26. The first-order valence-corrected chi connectivity index (χ1v) is 6.79. The number of primary amides is 1. The summed E-state index contributed by atoms with van der Waals surface area (Å²) in [5, 5.41) is 10.8. The molecule has 0 aliphatic rings. The Balaban J connectivity index is 3.04. The second-order valence-corrected chi connectivity index (χ2v) is 5.46. The van der Waals surface area contributed by atoms with Gasteiger partial charge in [-0.15, -0.1) is 0 Å². The quantitative estimate of drug-likeness (QED) is 0.285. The number of nitrogens with one attached hydrogen (secondary N) is 2. The number of amides is 1. The van der Waals surface area contributed by atoms with Gasteiger partial charge in [0.25, 0.3) is 5.69 Å². The number of carbonyl (C=O) groups is 1. The van der Waals surface area contributed by atoms with E-state index < -0.39 is 26.5 Å². The summed E-state index contributed by atoms with van der Waals surface area (Å²) in [7, 11) is -3.97. The Morgan fingerprint density at radius 1 is 1.40 bits per heavy atom. The minimum atomic E-state index is -3.97. The lowest BCUT2D eigenvalue weighted by atomic mass is 10.3. The number of anilines is 1. The Morgan fingerprint density at radius 2 is 2.05 bits per heavy atom. The molecular formula is C9H13N5O5S. The van der Waals surface area contributed by atoms with Crippen molar-refractivity contribution in [2.24, 2.45) is 11.6 Å². The first kappa shape index (κ1) is 15.8. The standard InChI is InChI=1S/C9H13N5O5S/c10-9(15)3-4-12-20(18,19)6-1-2-7(13-11)8(5-6)14(16)17/h1-2,5,12-13H,3-4,11H2,(H2,10,15). The van der Waals surface area contributed by atoms with E-state index in [0.717, 1.165) is 12.1 Å². The number of hydrazine groups is 1. The fourth-order valence-corrected chi connectivity index (χ4v) is 2.40. The van der Waals surface area contributed by atoms with Crippen molar-refractivity contribution in [3.8, 4) is 0 Å². The summed E-state index contributed by atoms with van der Waals surface area (Å²) in [6.45, 7) is -0.192. The summed E-state index contributed by atoms with van der Waals surface area (Å²) in [5.41, 5.74) is 6.47. The molecule has 1 rings (SSSR count). The zero-order valence-corrected chi connectivity index (χ0v) is 11.0. The fraction of sp³-hybridized carbons (Fsp3) is 0.222. The molecule has 1 aromatic rings. The number of sulfonamides is 1. The molecule has 20 heavy (non-hydrogen) atoms. The second kappa shape index (κ2) is 6.27. The molecule has 110 valence electrons. The first-order chi connectivity index (χ1) is 9.27. The summed E-state index contributed by atoms with van der Waals surface area (Å²) in [4.78, 5) is 20.2. The maximum Gasteiger partial charge on any atom is 0.294 e. The van der Waals surface area contributed by atoms with Gasteiger partial charge in [0.05, 0.1) is 9.82 Å². The molecule has 10 nitrogen and oxygen atoms in total. The van der Waals surface area contributed by atoms with Gasteiger partial charge in [0.15, 0.2) is 0 Å². The Hall–Kier alpha value is -2.24. The van der Waals surface area contributed by atoms with Crippen LogP contribution in [0.3, 0.4) is 0 Å². The summed E-state index contributed by atoms with van der Waals surface area (Å²) in [6.07, 6.45) is -0.177. The van der Waals surface area contributed by atoms with Gasteiger partial charge in [-0.05, 0) is 12.1 Å². The molecule has 0 heterocycles. The van der Waals surface area contributed by atoms with Crippen LogP contribution in [-0.4, -0.2) is 25.8 Å². The highest BCUT2D eigenvalue weighted by Gasteiger charge is 2.20. The molecule has 1 amide bonds. The van der Waals surface area contributed by atoms with Crippen LogP contribution in [-0.2, 0) is 14.8 Å². The lowest BCUT2D eigenvalue weighted by Gasteiger charge is -2.07. The summed E-state index contributed by atoms with van der Waals surface area (Å²) < 4.78 is 25.8. The van der Waals surface area contributed by atoms with E-state index in [1.807, 2.05) is 0 Å². The van der Waals surface area contributed by atoms with E-state index in [-0.39, 0.29) is 23.5 Å². The Bertz CT molecular complexity index is 630. The van der Waals surface area contributed by atoms with Crippen molar-refractivity contribution in [2.75, 3.05) is 12.0 Å². The third-order valence-corrected chi connectivity index (χ3v) is 3.75. The minimum absolute atomic E-state index is 0.0221. The van der Waals surface area contributed by atoms with Crippen molar-refractivity contribution in [1.82, 2.24) is 4.72 Å². The number of nitrogens with two attached hydrogens (primary N) is 2. The second-order valence-electron chi connectivity index (χ2n) is 3.69. The molecule has 0 spiro atoms. The maximum atomic E-state index is 11.9. The average Bonchev–Trinajstić information content (AvgIpc) is 2.37. The minimum Gasteiger partial charge on any atom is -0.370 e. The molecule has 0 fully saturated rings. The SMILES string of the molecule is NNc1ccc(S(=O)(=O)NCCC(N)=O)cc1[N+](=O)[O-]. The highest BCUT2D eigenvalue weighted by molar-refractivity contribution is 7.89. The van der Waals surface area contributed by atoms with Gasteiger partial charge in [-0.3, -0.25) is 20.8 Å². The average molecular weight is 303 g/mol. The Labute approximate surface area is 114 Å². The van der Waals surface area contributed by atoms with Crippen molar-refractivity contribution in [3.63, 3.8) is 0 Å². The Morgan fingerprint density at radius 3 is 2.55 bits per heavy atom. The lowest BCUT2D eigenvalue weighted by Crippen LogP contribution is -2.28. The van der Waals surface area contributed by atoms with Crippen LogP contribution in [0.5, 0.6) is 0 Å². The van der Waals surface area contributed by atoms with Crippen LogP contribution < -0.4 is 21.7 Å². The summed E-state index contributed by atoms with van der Waals surface area (Å²) in [6, 6.07) is 3.18. The molecular weight excluding hydrogens is 290 g/mol. The van der Waals surface area contributed by atoms with E-state index >= 15 is 0 Å². The van der Waals surface area contributed by atoms with Gasteiger partial charge in [-0.25, -0.2) is 13.1 Å². The van der Waals surface area contributed by atoms with Gasteiger partial charge in [0, 0.05) is 19.0 Å². The molecule has 0 radical (unpaired) electrons. The van der Waals surface area contributed by atoms with Crippen molar-refractivity contribution in [1.29, 1.82) is 0 Å². The topological polar surface area (TPSA) is 170 Å². The van der Waals surface area contributed by atoms with Crippen LogP contribution in [0.15, 0.2) is 23.1 Å². The van der Waals surface area contributed by atoms with E-state index in [1.165, 1.54) is 6.07 Å². The van der Waals surface area contributed by atoms with Gasteiger partial charge >= 0.3 is 0 Å². The van der Waals surface area contributed by atoms with Gasteiger partial charge in [0.1, 0.15) is 5.69 Å². The molecule has 1 aromatic carbocycles. The zero-order valence-electron chi connectivity index (χ0n) is 10.2. The van der Waals surface area contributed by atoms with Crippen LogP contribution in [0.2, 0.25) is 0 Å². The Kier molecular flexibility index (Phi) is 4.96. The molecule has 0 aromatic heterocycles. The molecule has 11 heteroatoms. The fourth-order valence-electron chi connectivity index (χ4n) is 1.34. The maximum absolute atomic E-state index is 11.9. The van der Waals surface area contributed by atoms with Gasteiger partial charge in [-0.1, -0.05) is 0 Å². The van der Waals surface area contributed by atoms with Gasteiger partial charge < -0.3 is 11.2 Å². The lowest BCUT2D eigenvalue weighted by molar-refractivity contribution is -0.384. The normalized spacial score (nSPS) is 11.1. The highest BCUT2D eigenvalue weighted by atomic mass is 32.2. The van der Waals surface area contributed by atoms with E-state index in [1.54, 1.807) is 0 Å². The van der Waals surface area contributed by atoms with Crippen molar-refractivity contribution < 1.29 is 18.1 Å². The van der Waals surface area contributed by atoms with Crippen LogP contribution in [0.25, 0.3) is 0 Å². The van der Waals surface area contributed by atoms with Crippen molar-refractivity contribution >= 4 is 27.3 Å². The van der Waals surface area contributed by atoms with Gasteiger partial charge in [0.2, 0.25) is 15.9 Å². The molecule has 6 N–H and O–H groups in total. The number of benzene rings is 1. The molecule has 0 saturated carbocycles. The predicted molar refractivity (Wildman–Crippen MR) is 69.9 cm³/mol. The number of rotatable bonds is 7. The zero-order chi connectivity index (χ0) is 15.3. The van der Waals surface area contributed by atoms with Crippen molar-refractivity contribution in [2.45, 2.75) is 11.3 Å². The van der Waals surface area contributed by atoms with Crippen LogP contribution in [0.4, 0.5) is 11.4 Å². The summed E-state index contributed by atoms with van der Waals surface area (Å²) in [5.74, 6) is 4.42. The monoisotopic (exact) mass is 303 g/mol. The van der Waals surface area contributed by atoms with Crippen molar-refractivity contribution in [3.05, 3.63) is 28.3 Å². The molecule has 0 unspecified atom stereocenters. The largest absolute Gasteiger partial charge is 0.370 e. The summed E-state index contributed by atoms with van der Waals surface area (Å²) >= 11 is 0. The van der Waals surface area contributed by atoms with Gasteiger partial charge in [-0.2, -0.15) is 0 Å². The van der Waals surface area contributed by atoms with E-state index in [2.05, 4.69) is 10.1 Å². The third-order valence-electron chi connectivity index (χ3n) is 2.30. The number of carbonyl (C=O) groups excluding carboxylic acids is 1. The smallest absolute Gasteiger partial charge is 0.294 e. The third kappa shape index (κ3) is 3.88. The van der Waals surface area contributed by atoms with E-state index in [4.69, 9.17) is 11.6 Å². The van der Waals surface area contributed by atoms with E-state index in [0.29, 0.717) is 0 Å². The van der Waals surface area contributed by atoms with Crippen LogP contribution >= 0.6 is 0 Å². The van der Waals surface area contributed by atoms with E-state index in [9.17, 15) is 23.3 Å². The molecule has 0 bridgehead atoms. The number of hydrogen-bond donors (Lipinski definition) is 4. The molecule has 0 aliphatic carbocycles.